The van der Waals surface area contributed by atoms with Gasteiger partial charge in [0.2, 0.25) is 0 Å². The molecule has 29 heavy (non-hydrogen) atoms. The Labute approximate surface area is 184 Å². The molecular weight excluding hydrogens is 455 g/mol. The summed E-state index contributed by atoms with van der Waals surface area (Å²) < 4.78 is 6.59. The molecule has 0 saturated carbocycles. The number of benzene rings is 2. The molecule has 0 spiro atoms. The van der Waals surface area contributed by atoms with Gasteiger partial charge in [-0.2, -0.15) is 0 Å². The SMILES string of the molecule is CCC[CH2][Sn]1([CH2]CCC)[c]2cc(C(C)(C)C)ccc2-c2ccc(C(C)(C)C)c[c]21. The van der Waals surface area contributed by atoms with Crippen molar-refractivity contribution in [3.63, 3.8) is 0 Å². The average molecular weight is 497 g/mol. The normalized spacial score (nSPS) is 15.3. The van der Waals surface area contributed by atoms with Crippen molar-refractivity contribution in [2.75, 3.05) is 0 Å². The summed E-state index contributed by atoms with van der Waals surface area (Å²) in [5.41, 5.74) is 6.64. The molecule has 0 aliphatic carbocycles. The fourth-order valence-corrected chi connectivity index (χ4v) is 21.8. The molecule has 0 N–H and O–H groups in total. The van der Waals surface area contributed by atoms with Gasteiger partial charge in [-0.05, 0) is 0 Å². The maximum atomic E-state index is 2.66. The Balaban J connectivity index is 2.29. The van der Waals surface area contributed by atoms with Crippen molar-refractivity contribution >= 4 is 25.5 Å². The molecule has 0 atom stereocenters. The second-order valence-electron chi connectivity index (χ2n) is 11.3. The molecule has 3 rings (SSSR count). The van der Waals surface area contributed by atoms with Crippen LogP contribution in [0.5, 0.6) is 0 Å². The van der Waals surface area contributed by atoms with Gasteiger partial charge in [-0.25, -0.2) is 0 Å². The summed E-state index contributed by atoms with van der Waals surface area (Å²) in [5.74, 6) is 0. The summed E-state index contributed by atoms with van der Waals surface area (Å²) in [5, 5.41) is 0. The van der Waals surface area contributed by atoms with Crippen LogP contribution in [0.3, 0.4) is 0 Å². The molecule has 0 radical (unpaired) electrons. The van der Waals surface area contributed by atoms with Gasteiger partial charge in [0, 0.05) is 0 Å². The van der Waals surface area contributed by atoms with Gasteiger partial charge in [0.05, 0.1) is 0 Å². The van der Waals surface area contributed by atoms with E-state index in [1.807, 2.05) is 7.16 Å². The summed E-state index contributed by atoms with van der Waals surface area (Å²) >= 11 is -2.72. The molecule has 1 aliphatic rings. The van der Waals surface area contributed by atoms with Crippen molar-refractivity contribution in [1.82, 2.24) is 0 Å². The molecule has 2 aromatic carbocycles. The first kappa shape index (κ1) is 22.9. The van der Waals surface area contributed by atoms with Gasteiger partial charge in [0.25, 0.3) is 0 Å². The van der Waals surface area contributed by atoms with Crippen molar-refractivity contribution in [3.8, 4) is 11.1 Å². The zero-order valence-corrected chi connectivity index (χ0v) is 23.1. The van der Waals surface area contributed by atoms with Crippen LogP contribution in [-0.2, 0) is 10.8 Å². The monoisotopic (exact) mass is 498 g/mol. The van der Waals surface area contributed by atoms with Crippen LogP contribution in [0, 0.1) is 0 Å². The molecule has 2 aromatic rings. The van der Waals surface area contributed by atoms with E-state index in [0.29, 0.717) is 0 Å². The van der Waals surface area contributed by atoms with Crippen LogP contribution >= 0.6 is 0 Å². The molecule has 1 aliphatic heterocycles. The fraction of sp³-hybridized carbons (Fsp3) is 0.571. The summed E-state index contributed by atoms with van der Waals surface area (Å²) in [4.78, 5) is 0. The Morgan fingerprint density at radius 2 is 1.00 bits per heavy atom. The third-order valence-corrected chi connectivity index (χ3v) is 22.1. The molecule has 1 heteroatoms. The molecule has 0 fully saturated rings. The van der Waals surface area contributed by atoms with Gasteiger partial charge in [0.15, 0.2) is 0 Å². The van der Waals surface area contributed by atoms with Crippen LogP contribution in [-0.4, -0.2) is 18.4 Å². The molecule has 1 heterocycles. The predicted octanol–water partition coefficient (Wildman–Crippen LogP) is 7.43. The van der Waals surface area contributed by atoms with E-state index in [-0.39, 0.29) is 10.8 Å². The van der Waals surface area contributed by atoms with Crippen LogP contribution in [0.2, 0.25) is 8.87 Å². The van der Waals surface area contributed by atoms with Crippen molar-refractivity contribution in [3.05, 3.63) is 47.5 Å². The zero-order chi connectivity index (χ0) is 21.4. The van der Waals surface area contributed by atoms with Gasteiger partial charge in [-0.15, -0.1) is 0 Å². The quantitative estimate of drug-likeness (QED) is 0.365. The number of unbranched alkanes of at least 4 members (excludes halogenated alkanes) is 2. The summed E-state index contributed by atoms with van der Waals surface area (Å²) in [6.07, 6.45) is 5.40. The van der Waals surface area contributed by atoms with Crippen molar-refractivity contribution in [2.24, 2.45) is 0 Å². The second-order valence-corrected chi connectivity index (χ2v) is 23.4. The van der Waals surface area contributed by atoms with Crippen LogP contribution in [0.4, 0.5) is 0 Å². The zero-order valence-electron chi connectivity index (χ0n) is 20.2. The van der Waals surface area contributed by atoms with E-state index >= 15 is 0 Å². The van der Waals surface area contributed by atoms with E-state index in [1.165, 1.54) is 45.7 Å². The van der Waals surface area contributed by atoms with E-state index in [1.54, 1.807) is 11.1 Å². The predicted molar refractivity (Wildman–Crippen MR) is 134 cm³/mol. The molecule has 0 nitrogen and oxygen atoms in total. The Morgan fingerprint density at radius 3 is 1.31 bits per heavy atom. The number of hydrogen-bond donors (Lipinski definition) is 0. The van der Waals surface area contributed by atoms with Crippen LogP contribution in [0.15, 0.2) is 36.4 Å². The van der Waals surface area contributed by atoms with Crippen LogP contribution in [0.25, 0.3) is 11.1 Å². The maximum absolute atomic E-state index is 2.72. The molecule has 0 saturated heterocycles. The van der Waals surface area contributed by atoms with E-state index in [9.17, 15) is 0 Å². The second kappa shape index (κ2) is 8.40. The minimum atomic E-state index is -2.72. The third-order valence-electron chi connectivity index (χ3n) is 7.01. The standard InChI is InChI=1S/C20H24.2C4H9.Sn/c1-19(2,3)17-11-7-15(8-12-17)16-9-13-18(14-10-16)20(4,5)6;2*1-3-4-2;/h7,9,11-14H,1-6H3;2*1,3-4H2,2H3;. The Hall–Kier alpha value is -0.761. The fourth-order valence-electron chi connectivity index (χ4n) is 5.05. The molecule has 158 valence electrons. The van der Waals surface area contributed by atoms with Gasteiger partial charge in [0.1, 0.15) is 0 Å². The van der Waals surface area contributed by atoms with Crippen LogP contribution in [0.1, 0.15) is 92.2 Å². The Morgan fingerprint density at radius 1 is 0.621 bits per heavy atom. The van der Waals surface area contributed by atoms with E-state index in [4.69, 9.17) is 0 Å². The van der Waals surface area contributed by atoms with E-state index in [0.717, 1.165) is 0 Å². The number of hydrogen-bond acceptors (Lipinski definition) is 0. The van der Waals surface area contributed by atoms with Crippen molar-refractivity contribution in [1.29, 1.82) is 0 Å². The van der Waals surface area contributed by atoms with Crippen molar-refractivity contribution < 1.29 is 0 Å². The first-order chi connectivity index (χ1) is 13.5. The topological polar surface area (TPSA) is 0 Å². The first-order valence-corrected chi connectivity index (χ1v) is 18.7. The summed E-state index contributed by atoms with van der Waals surface area (Å²) in [6.45, 7) is 18.9. The first-order valence-electron chi connectivity index (χ1n) is 11.8. The van der Waals surface area contributed by atoms with Gasteiger partial charge in [-0.1, -0.05) is 0 Å². The molecule has 0 amide bonds. The van der Waals surface area contributed by atoms with Crippen LogP contribution < -0.4 is 7.16 Å². The molecule has 0 unspecified atom stereocenters. The van der Waals surface area contributed by atoms with Gasteiger partial charge in [-0.3, -0.25) is 0 Å². The molecule has 0 aromatic heterocycles. The average Bonchev–Trinajstić information content (AvgIpc) is 2.92. The molecule has 0 bridgehead atoms. The Kier molecular flexibility index (Phi) is 6.64. The summed E-state index contributed by atoms with van der Waals surface area (Å²) in [7, 11) is 0. The summed E-state index contributed by atoms with van der Waals surface area (Å²) in [6, 6.07) is 15.1. The number of fused-ring (bicyclic) bond motifs is 3. The third kappa shape index (κ3) is 4.34. The van der Waals surface area contributed by atoms with Gasteiger partial charge < -0.3 is 0 Å². The van der Waals surface area contributed by atoms with E-state index in [2.05, 4.69) is 91.8 Å². The van der Waals surface area contributed by atoms with E-state index < -0.39 is 18.4 Å². The minimum absolute atomic E-state index is 0.216. The van der Waals surface area contributed by atoms with Gasteiger partial charge >= 0.3 is 185 Å². The number of rotatable bonds is 6. The molecular formula is C28H42Sn. The van der Waals surface area contributed by atoms with Crippen molar-refractivity contribution in [2.45, 2.75) is 101 Å². The Bertz CT molecular complexity index is 787.